The van der Waals surface area contributed by atoms with Crippen LogP contribution in [-0.4, -0.2) is 0 Å². The first-order chi connectivity index (χ1) is 6.86. The number of fused-ring (bicyclic) bond motifs is 3. The van der Waals surface area contributed by atoms with Crippen LogP contribution in [0.5, 0.6) is 0 Å². The molecule has 0 bridgehead atoms. The Hall–Kier alpha value is -1.41. The van der Waals surface area contributed by atoms with E-state index in [2.05, 4.69) is 53.8 Å². The van der Waals surface area contributed by atoms with Gasteiger partial charge in [0.15, 0.2) is 5.69 Å². The lowest BCUT2D eigenvalue weighted by atomic mass is 10.3. The second-order valence-corrected chi connectivity index (χ2v) is 4.47. The fraction of sp³-hybridized carbons (Fsp3) is 0.0833. The standard InChI is InChI=1S/C12H10NS/c1-9-5-4-8-12-13(9)10-6-2-3-7-11(10)14-12/h2-8H,1H3/q+1. The van der Waals surface area contributed by atoms with Gasteiger partial charge in [0.2, 0.25) is 5.52 Å². The van der Waals surface area contributed by atoms with Gasteiger partial charge in [0.05, 0.1) is 0 Å². The average Bonchev–Trinajstić information content (AvgIpc) is 2.57. The largest absolute Gasteiger partial charge is 0.268 e. The van der Waals surface area contributed by atoms with Gasteiger partial charge < -0.3 is 0 Å². The molecule has 1 nitrogen and oxygen atoms in total. The molecular formula is C12H10NS+. The van der Waals surface area contributed by atoms with Crippen molar-refractivity contribution in [1.82, 2.24) is 0 Å². The van der Waals surface area contributed by atoms with E-state index in [1.165, 1.54) is 20.7 Å². The summed E-state index contributed by atoms with van der Waals surface area (Å²) in [5.74, 6) is 0. The molecule has 0 unspecified atom stereocenters. The van der Waals surface area contributed by atoms with Gasteiger partial charge in [-0.1, -0.05) is 23.5 Å². The molecule has 0 saturated heterocycles. The van der Waals surface area contributed by atoms with Crippen LogP contribution in [0.1, 0.15) is 5.69 Å². The maximum absolute atomic E-state index is 2.31. The van der Waals surface area contributed by atoms with Crippen LogP contribution in [0.15, 0.2) is 42.5 Å². The van der Waals surface area contributed by atoms with Crippen LogP contribution in [0.4, 0.5) is 0 Å². The van der Waals surface area contributed by atoms with Crippen molar-refractivity contribution in [3.63, 3.8) is 0 Å². The fourth-order valence-electron chi connectivity index (χ4n) is 1.82. The minimum atomic E-state index is 1.29. The van der Waals surface area contributed by atoms with Crippen molar-refractivity contribution in [2.45, 2.75) is 6.92 Å². The van der Waals surface area contributed by atoms with E-state index >= 15 is 0 Å². The second-order valence-electron chi connectivity index (χ2n) is 3.41. The zero-order chi connectivity index (χ0) is 9.54. The van der Waals surface area contributed by atoms with Gasteiger partial charge in [0, 0.05) is 25.1 Å². The van der Waals surface area contributed by atoms with Crippen LogP contribution in [0.25, 0.3) is 15.0 Å². The summed E-state index contributed by atoms with van der Waals surface area (Å²) in [6, 6.07) is 14.9. The molecule has 0 aliphatic heterocycles. The summed E-state index contributed by atoms with van der Waals surface area (Å²) in [4.78, 5) is 1.31. The van der Waals surface area contributed by atoms with E-state index in [1.54, 1.807) is 0 Å². The van der Waals surface area contributed by atoms with Crippen LogP contribution in [0, 0.1) is 6.92 Å². The highest BCUT2D eigenvalue weighted by molar-refractivity contribution is 7.23. The Kier molecular flexibility index (Phi) is 1.58. The molecule has 2 heterocycles. The molecule has 0 saturated carbocycles. The summed E-state index contributed by atoms with van der Waals surface area (Å²) < 4.78 is 3.65. The molecule has 14 heavy (non-hydrogen) atoms. The molecule has 0 amide bonds. The third-order valence-corrected chi connectivity index (χ3v) is 3.56. The van der Waals surface area contributed by atoms with Crippen LogP contribution in [0.3, 0.4) is 0 Å². The predicted molar refractivity (Wildman–Crippen MR) is 59.7 cm³/mol. The monoisotopic (exact) mass is 200 g/mol. The Morgan fingerprint density at radius 1 is 1.00 bits per heavy atom. The number of para-hydroxylation sites is 1. The minimum absolute atomic E-state index is 1.29. The molecule has 0 atom stereocenters. The zero-order valence-corrected chi connectivity index (χ0v) is 8.71. The Morgan fingerprint density at radius 3 is 2.79 bits per heavy atom. The number of pyridine rings is 1. The molecule has 2 heteroatoms. The normalized spacial score (nSPS) is 11.2. The number of nitrogens with zero attached hydrogens (tertiary/aromatic N) is 1. The minimum Gasteiger partial charge on any atom is -0.148 e. The van der Waals surface area contributed by atoms with Gasteiger partial charge >= 0.3 is 0 Å². The molecule has 0 aliphatic carbocycles. The van der Waals surface area contributed by atoms with Gasteiger partial charge in [0.25, 0.3) is 4.83 Å². The summed E-state index contributed by atoms with van der Waals surface area (Å²) in [5, 5.41) is 0. The van der Waals surface area contributed by atoms with Gasteiger partial charge in [-0.3, -0.25) is 0 Å². The quantitative estimate of drug-likeness (QED) is 0.491. The Labute approximate surface area is 86.2 Å². The number of hydrogen-bond acceptors (Lipinski definition) is 1. The first kappa shape index (κ1) is 7.94. The number of thiazole rings is 1. The third kappa shape index (κ3) is 0.976. The van der Waals surface area contributed by atoms with E-state index in [4.69, 9.17) is 0 Å². The predicted octanol–water partition coefficient (Wildman–Crippen LogP) is 2.95. The smallest absolute Gasteiger partial charge is 0.148 e. The van der Waals surface area contributed by atoms with E-state index < -0.39 is 0 Å². The summed E-state index contributed by atoms with van der Waals surface area (Å²) >= 11 is 1.84. The number of benzene rings is 1. The number of aromatic nitrogens is 1. The van der Waals surface area contributed by atoms with Crippen LogP contribution in [-0.2, 0) is 0 Å². The molecule has 0 N–H and O–H groups in total. The summed E-state index contributed by atoms with van der Waals surface area (Å²) in [6.07, 6.45) is 0. The molecule has 2 aromatic heterocycles. The maximum Gasteiger partial charge on any atom is 0.268 e. The molecule has 1 aromatic carbocycles. The van der Waals surface area contributed by atoms with E-state index in [0.717, 1.165) is 0 Å². The van der Waals surface area contributed by atoms with Crippen molar-refractivity contribution in [2.24, 2.45) is 0 Å². The highest BCUT2D eigenvalue weighted by atomic mass is 32.1. The first-order valence-corrected chi connectivity index (χ1v) is 5.47. The van der Waals surface area contributed by atoms with Gasteiger partial charge in [-0.15, -0.1) is 4.40 Å². The molecule has 3 aromatic rings. The van der Waals surface area contributed by atoms with Crippen LogP contribution >= 0.6 is 11.3 Å². The Balaban J connectivity index is 2.65. The average molecular weight is 200 g/mol. The highest BCUT2D eigenvalue weighted by Gasteiger charge is 2.13. The first-order valence-electron chi connectivity index (χ1n) is 4.65. The van der Waals surface area contributed by atoms with Crippen LogP contribution < -0.4 is 4.40 Å². The van der Waals surface area contributed by atoms with E-state index in [0.29, 0.717) is 0 Å². The molecule has 0 spiro atoms. The third-order valence-electron chi connectivity index (χ3n) is 2.47. The van der Waals surface area contributed by atoms with Gasteiger partial charge in [-0.05, 0) is 12.1 Å². The number of rotatable bonds is 0. The number of hydrogen-bond donors (Lipinski definition) is 0. The van der Waals surface area contributed by atoms with Crippen molar-refractivity contribution in [2.75, 3.05) is 0 Å². The second kappa shape index (κ2) is 2.79. The Morgan fingerprint density at radius 2 is 1.86 bits per heavy atom. The SMILES string of the molecule is Cc1cccc2sc3ccccc3[n+]12. The van der Waals surface area contributed by atoms with E-state index in [1.807, 2.05) is 11.3 Å². The molecule has 0 radical (unpaired) electrons. The molecule has 0 fully saturated rings. The van der Waals surface area contributed by atoms with Crippen molar-refractivity contribution in [1.29, 1.82) is 0 Å². The lowest BCUT2D eigenvalue weighted by Crippen LogP contribution is -2.22. The van der Waals surface area contributed by atoms with E-state index in [-0.39, 0.29) is 0 Å². The molecule has 68 valence electrons. The summed E-state index contributed by atoms with van der Waals surface area (Å²) in [6.45, 7) is 2.14. The number of aryl methyl sites for hydroxylation is 1. The van der Waals surface area contributed by atoms with Gasteiger partial charge in [-0.25, -0.2) is 0 Å². The Bertz CT molecular complexity index is 610. The lowest BCUT2D eigenvalue weighted by Gasteiger charge is -1.87. The van der Waals surface area contributed by atoms with Crippen molar-refractivity contribution < 1.29 is 4.40 Å². The topological polar surface area (TPSA) is 4.10 Å². The summed E-state index contributed by atoms with van der Waals surface area (Å²) in [7, 11) is 0. The summed E-state index contributed by atoms with van der Waals surface area (Å²) in [5.41, 5.74) is 2.60. The highest BCUT2D eigenvalue weighted by Crippen LogP contribution is 2.21. The molecule has 3 rings (SSSR count). The maximum atomic E-state index is 2.31. The van der Waals surface area contributed by atoms with Crippen molar-refractivity contribution in [3.05, 3.63) is 48.2 Å². The molecular weight excluding hydrogens is 190 g/mol. The van der Waals surface area contributed by atoms with Gasteiger partial charge in [-0.2, -0.15) is 0 Å². The zero-order valence-electron chi connectivity index (χ0n) is 7.90. The lowest BCUT2D eigenvalue weighted by molar-refractivity contribution is -0.486. The van der Waals surface area contributed by atoms with Crippen molar-refractivity contribution in [3.8, 4) is 0 Å². The van der Waals surface area contributed by atoms with Gasteiger partial charge in [0.1, 0.15) is 4.70 Å². The molecule has 0 aliphatic rings. The fourth-order valence-corrected chi connectivity index (χ4v) is 2.94. The van der Waals surface area contributed by atoms with E-state index in [9.17, 15) is 0 Å². The van der Waals surface area contributed by atoms with Crippen molar-refractivity contribution >= 4 is 26.4 Å². The van der Waals surface area contributed by atoms with Crippen LogP contribution in [0.2, 0.25) is 0 Å².